The molecule has 0 aliphatic carbocycles. The molecule has 2 aromatic heterocycles. The van der Waals surface area contributed by atoms with E-state index in [2.05, 4.69) is 73.2 Å². The SMILES string of the molecule is C[C@@H]1Cc2cnc(Nc3cnn(C)c3)nc2CN1C(=O)[C@]1([Si][Si])CCN(C)C[C@@H]1c1ccccc1. The van der Waals surface area contributed by atoms with Gasteiger partial charge in [-0.15, -0.1) is 0 Å². The Bertz CT molecular complexity index is 1200. The first-order valence-electron chi connectivity index (χ1n) is 12.0. The van der Waals surface area contributed by atoms with Gasteiger partial charge in [-0.25, -0.2) is 9.97 Å². The number of nitrogens with zero attached hydrogens (tertiary/aromatic N) is 6. The summed E-state index contributed by atoms with van der Waals surface area (Å²) in [6.07, 6.45) is 7.10. The van der Waals surface area contributed by atoms with Gasteiger partial charge in [-0.05, 0) is 44.5 Å². The van der Waals surface area contributed by atoms with Crippen LogP contribution in [-0.4, -0.2) is 80.4 Å². The number of benzene rings is 1. The van der Waals surface area contributed by atoms with E-state index < -0.39 is 5.04 Å². The maximum absolute atomic E-state index is 14.4. The Balaban J connectivity index is 1.44. The molecule has 2 aliphatic rings. The fraction of sp³-hybridized carbons (Fsp3) is 0.440. The fourth-order valence-corrected chi connectivity index (χ4v) is 7.47. The van der Waals surface area contributed by atoms with Gasteiger partial charge in [-0.1, -0.05) is 30.3 Å². The molecular formula is C25H30N7OSi2. The minimum atomic E-state index is -0.472. The van der Waals surface area contributed by atoms with Crippen molar-refractivity contribution < 1.29 is 4.79 Å². The molecule has 10 heteroatoms. The monoisotopic (exact) mass is 500 g/mol. The largest absolute Gasteiger partial charge is 0.334 e. The number of anilines is 2. The van der Waals surface area contributed by atoms with Crippen LogP contribution in [-0.2, 0) is 24.8 Å². The van der Waals surface area contributed by atoms with E-state index in [-0.39, 0.29) is 17.9 Å². The van der Waals surface area contributed by atoms with Crippen molar-refractivity contribution in [2.45, 2.75) is 43.3 Å². The van der Waals surface area contributed by atoms with Crippen LogP contribution in [0.4, 0.5) is 11.6 Å². The average molecular weight is 501 g/mol. The van der Waals surface area contributed by atoms with E-state index >= 15 is 0 Å². The lowest BCUT2D eigenvalue weighted by Gasteiger charge is -2.49. The Hall–Kier alpha value is -2.83. The van der Waals surface area contributed by atoms with E-state index in [1.54, 1.807) is 10.9 Å². The van der Waals surface area contributed by atoms with E-state index in [0.717, 1.165) is 42.9 Å². The van der Waals surface area contributed by atoms with Gasteiger partial charge in [-0.2, -0.15) is 5.10 Å². The molecule has 1 amide bonds. The molecule has 1 saturated heterocycles. The molecule has 5 radical (unpaired) electrons. The van der Waals surface area contributed by atoms with Crippen LogP contribution in [0.3, 0.4) is 0 Å². The Morgan fingerprint density at radius 1 is 1.23 bits per heavy atom. The number of aromatic nitrogens is 4. The molecule has 0 unspecified atom stereocenters. The number of likely N-dealkylation sites (tertiary alicyclic amines) is 1. The van der Waals surface area contributed by atoms with Gasteiger partial charge in [0.25, 0.3) is 0 Å². The third kappa shape index (κ3) is 4.57. The number of hydrogen-bond acceptors (Lipinski definition) is 6. The van der Waals surface area contributed by atoms with Gasteiger partial charge in [0.15, 0.2) is 0 Å². The first-order chi connectivity index (χ1) is 16.9. The van der Waals surface area contributed by atoms with Crippen molar-refractivity contribution in [2.24, 2.45) is 7.05 Å². The molecule has 5 rings (SSSR count). The molecule has 0 spiro atoms. The summed E-state index contributed by atoms with van der Waals surface area (Å²) in [5, 5.41) is 6.94. The van der Waals surface area contributed by atoms with Gasteiger partial charge in [0.1, 0.15) is 0 Å². The third-order valence-electron chi connectivity index (χ3n) is 7.33. The van der Waals surface area contributed by atoms with Gasteiger partial charge in [0.2, 0.25) is 11.9 Å². The molecular weight excluding hydrogens is 470 g/mol. The van der Waals surface area contributed by atoms with Crippen molar-refractivity contribution in [2.75, 3.05) is 25.5 Å². The Morgan fingerprint density at radius 3 is 2.74 bits per heavy atom. The summed E-state index contributed by atoms with van der Waals surface area (Å²) in [7, 11) is 8.23. The first-order valence-corrected chi connectivity index (χ1v) is 14.5. The van der Waals surface area contributed by atoms with E-state index in [1.807, 2.05) is 25.5 Å². The molecule has 0 bridgehead atoms. The lowest BCUT2D eigenvalue weighted by Crippen LogP contribution is -2.55. The summed E-state index contributed by atoms with van der Waals surface area (Å²) < 4.78 is 1.73. The van der Waals surface area contributed by atoms with Gasteiger partial charge < -0.3 is 15.1 Å². The second kappa shape index (κ2) is 9.67. The molecule has 1 fully saturated rings. The summed E-state index contributed by atoms with van der Waals surface area (Å²) in [5.74, 6) is 0.885. The molecule has 3 atom stereocenters. The van der Waals surface area contributed by atoms with Gasteiger partial charge in [0, 0.05) is 61.8 Å². The number of carbonyl (C=O) groups excluding carboxylic acids is 1. The highest BCUT2D eigenvalue weighted by atomic mass is 29.1. The molecule has 4 heterocycles. The van der Waals surface area contributed by atoms with Crippen LogP contribution >= 0.6 is 0 Å². The number of rotatable bonds is 5. The van der Waals surface area contributed by atoms with Crippen LogP contribution < -0.4 is 5.32 Å². The summed E-state index contributed by atoms with van der Waals surface area (Å²) in [4.78, 5) is 28.1. The zero-order valence-corrected chi connectivity index (χ0v) is 22.4. The lowest BCUT2D eigenvalue weighted by molar-refractivity contribution is -0.140. The molecule has 179 valence electrons. The van der Waals surface area contributed by atoms with Crippen LogP contribution in [0.25, 0.3) is 0 Å². The number of likely N-dealkylation sites (N-methyl/N-ethyl adjacent to an activating group) is 1. The van der Waals surface area contributed by atoms with Crippen molar-refractivity contribution in [1.29, 1.82) is 0 Å². The van der Waals surface area contributed by atoms with Gasteiger partial charge in [-0.3, -0.25) is 9.48 Å². The minimum absolute atomic E-state index is 0.0895. The normalized spacial score (nSPS) is 24.7. The molecule has 2 aliphatic heterocycles. The highest BCUT2D eigenvalue weighted by Crippen LogP contribution is 2.50. The number of amides is 1. The standard InChI is InChI=1S/C25H30N7OSi2/c1-17-11-19-12-26-24(28-20-13-27-31(3)14-20)29-22(19)16-32(17)23(33)25(35-34)9-10-30(2)15-21(25)18-7-5-4-6-8-18/h4-8,12-14,17,21H,9-11,15-16H2,1-3H3,(H,26,28,29)/t17-,21-,25+/m1/s1. The number of fused-ring (bicyclic) bond motifs is 1. The molecule has 8 nitrogen and oxygen atoms in total. The van der Waals surface area contributed by atoms with Crippen molar-refractivity contribution in [1.82, 2.24) is 29.5 Å². The quantitative estimate of drug-likeness (QED) is 0.542. The summed E-state index contributed by atoms with van der Waals surface area (Å²) in [5.41, 5.74) is 4.08. The third-order valence-corrected chi connectivity index (χ3v) is 9.92. The maximum Gasteiger partial charge on any atom is 0.227 e. The highest BCUT2D eigenvalue weighted by molar-refractivity contribution is 6.93. The zero-order valence-electron chi connectivity index (χ0n) is 20.4. The number of piperidine rings is 1. The van der Waals surface area contributed by atoms with Crippen LogP contribution in [0.2, 0.25) is 5.04 Å². The van der Waals surface area contributed by atoms with E-state index in [4.69, 9.17) is 4.98 Å². The maximum atomic E-state index is 14.4. The Kier molecular flexibility index (Phi) is 6.60. The van der Waals surface area contributed by atoms with Crippen LogP contribution in [0.1, 0.15) is 36.1 Å². The van der Waals surface area contributed by atoms with E-state index in [1.165, 1.54) is 5.56 Å². The van der Waals surface area contributed by atoms with Crippen molar-refractivity contribution in [3.05, 3.63) is 65.7 Å². The second-order valence-electron chi connectivity index (χ2n) is 9.75. The highest BCUT2D eigenvalue weighted by Gasteiger charge is 2.50. The second-order valence-corrected chi connectivity index (χ2v) is 11.6. The van der Waals surface area contributed by atoms with Gasteiger partial charge >= 0.3 is 0 Å². The fourth-order valence-electron chi connectivity index (χ4n) is 5.33. The minimum Gasteiger partial charge on any atom is -0.334 e. The Labute approximate surface area is 212 Å². The molecule has 3 aromatic rings. The molecule has 35 heavy (non-hydrogen) atoms. The van der Waals surface area contributed by atoms with Crippen LogP contribution in [0.5, 0.6) is 0 Å². The molecule has 1 N–H and O–H groups in total. The smallest absolute Gasteiger partial charge is 0.227 e. The van der Waals surface area contributed by atoms with Crippen LogP contribution in [0, 0.1) is 0 Å². The van der Waals surface area contributed by atoms with E-state index in [0.29, 0.717) is 21.5 Å². The summed E-state index contributed by atoms with van der Waals surface area (Å²) >= 11 is 0. The van der Waals surface area contributed by atoms with Crippen molar-refractivity contribution >= 4 is 36.3 Å². The number of nitrogens with one attached hydrogen (secondary N) is 1. The predicted molar refractivity (Wildman–Crippen MR) is 138 cm³/mol. The van der Waals surface area contributed by atoms with E-state index in [9.17, 15) is 4.79 Å². The van der Waals surface area contributed by atoms with Crippen molar-refractivity contribution in [3.8, 4) is 0 Å². The zero-order chi connectivity index (χ0) is 24.6. The first kappa shape index (κ1) is 23.9. The lowest BCUT2D eigenvalue weighted by atomic mass is 9.78. The predicted octanol–water partition coefficient (Wildman–Crippen LogP) is 2.29. The molecule has 0 saturated carbocycles. The number of carbonyl (C=O) groups is 1. The topological polar surface area (TPSA) is 79.2 Å². The summed E-state index contributed by atoms with van der Waals surface area (Å²) in [6, 6.07) is 10.6. The van der Waals surface area contributed by atoms with Crippen molar-refractivity contribution in [3.63, 3.8) is 0 Å². The number of hydrogen-bond donors (Lipinski definition) is 1. The Morgan fingerprint density at radius 2 is 2.03 bits per heavy atom. The van der Waals surface area contributed by atoms with Gasteiger partial charge in [0.05, 0.1) is 24.1 Å². The number of aryl methyl sites for hydroxylation is 1. The van der Waals surface area contributed by atoms with Crippen LogP contribution in [0.15, 0.2) is 48.9 Å². The average Bonchev–Trinajstić information content (AvgIpc) is 3.28. The molecule has 1 aromatic carbocycles. The summed E-state index contributed by atoms with van der Waals surface area (Å²) in [6.45, 7) is 4.41.